The maximum absolute atomic E-state index is 12.2. The summed E-state index contributed by atoms with van der Waals surface area (Å²) in [5.74, 6) is 0.718. The minimum Gasteiger partial charge on any atom is -0.304 e. The lowest BCUT2D eigenvalue weighted by molar-refractivity contribution is -0.385. The fourth-order valence-corrected chi connectivity index (χ4v) is 3.27. The van der Waals surface area contributed by atoms with Gasteiger partial charge in [-0.3, -0.25) is 19.0 Å². The normalized spacial score (nSPS) is 12.6. The van der Waals surface area contributed by atoms with Crippen molar-refractivity contribution < 1.29 is 9.13 Å². The number of fused-ring (bicyclic) bond motifs is 1. The molecule has 0 amide bonds. The van der Waals surface area contributed by atoms with Gasteiger partial charge in [-0.1, -0.05) is 6.07 Å². The molecule has 3 rings (SSSR count). The highest BCUT2D eigenvalue weighted by Gasteiger charge is 2.11. The van der Waals surface area contributed by atoms with E-state index in [1.165, 1.54) is 17.1 Å². The average Bonchev–Trinajstić information content (AvgIpc) is 3.12. The number of aryl methyl sites for hydroxylation is 2. The molecule has 0 radical (unpaired) electrons. The van der Waals surface area contributed by atoms with Gasteiger partial charge < -0.3 is 4.40 Å². The molecule has 8 nitrogen and oxygen atoms in total. The molecule has 0 aliphatic heterocycles. The van der Waals surface area contributed by atoms with E-state index in [9.17, 15) is 14.3 Å². The molecule has 0 saturated heterocycles. The molecule has 0 aromatic carbocycles. The summed E-state index contributed by atoms with van der Waals surface area (Å²) in [5, 5.41) is 14.5. The van der Waals surface area contributed by atoms with Gasteiger partial charge in [-0.25, -0.2) is 4.98 Å². The number of hydrogen-bond acceptors (Lipinski definition) is 5. The van der Waals surface area contributed by atoms with Crippen LogP contribution in [0.25, 0.3) is 5.65 Å². The largest absolute Gasteiger partial charge is 0.306 e. The molecule has 3 heterocycles. The quantitative estimate of drug-likeness (QED) is 0.505. The smallest absolute Gasteiger partial charge is 0.304 e. The van der Waals surface area contributed by atoms with E-state index < -0.39 is 15.7 Å². The fraction of sp³-hybridized carbons (Fsp3) is 0.286. The topological polar surface area (TPSA) is 95.3 Å². The number of pyridine rings is 1. The summed E-state index contributed by atoms with van der Waals surface area (Å²) in [6.07, 6.45) is 4.42. The van der Waals surface area contributed by atoms with Gasteiger partial charge in [-0.15, -0.1) is 0 Å². The Balaban J connectivity index is 1.61. The Morgan fingerprint density at radius 3 is 2.87 bits per heavy atom. The van der Waals surface area contributed by atoms with Crippen LogP contribution in [0.1, 0.15) is 11.4 Å². The third-order valence-corrected chi connectivity index (χ3v) is 4.69. The molecule has 120 valence electrons. The molecule has 0 aliphatic carbocycles. The van der Waals surface area contributed by atoms with E-state index >= 15 is 0 Å². The lowest BCUT2D eigenvalue weighted by Crippen LogP contribution is -2.09. The standard InChI is InChI=1S/C14H15N5O3S/c1-11-3-2-4-14-16-12(8-18(11)14)10-23(22)6-5-17-9-13(7-15-17)19(20)21/h2-4,7-9H,5-6,10H2,1H3/t23-/m1/s1. The summed E-state index contributed by atoms with van der Waals surface area (Å²) >= 11 is 0. The van der Waals surface area contributed by atoms with Crippen LogP contribution < -0.4 is 0 Å². The van der Waals surface area contributed by atoms with Gasteiger partial charge in [0.25, 0.3) is 0 Å². The zero-order chi connectivity index (χ0) is 16.4. The second kappa shape index (κ2) is 6.29. The maximum atomic E-state index is 12.2. The molecule has 0 saturated carbocycles. The van der Waals surface area contributed by atoms with E-state index in [0.29, 0.717) is 18.1 Å². The van der Waals surface area contributed by atoms with Crippen LogP contribution in [-0.2, 0) is 23.1 Å². The van der Waals surface area contributed by atoms with Gasteiger partial charge in [0.2, 0.25) is 0 Å². The molecule has 0 unspecified atom stereocenters. The van der Waals surface area contributed by atoms with Crippen molar-refractivity contribution in [2.24, 2.45) is 0 Å². The van der Waals surface area contributed by atoms with E-state index in [-0.39, 0.29) is 5.69 Å². The molecule has 3 aromatic heterocycles. The van der Waals surface area contributed by atoms with E-state index in [4.69, 9.17) is 0 Å². The van der Waals surface area contributed by atoms with Crippen LogP contribution in [0.15, 0.2) is 36.8 Å². The summed E-state index contributed by atoms with van der Waals surface area (Å²) in [6.45, 7) is 2.35. The second-order valence-electron chi connectivity index (χ2n) is 5.13. The Labute approximate surface area is 134 Å². The van der Waals surface area contributed by atoms with Crippen LogP contribution in [0.4, 0.5) is 5.69 Å². The first-order valence-corrected chi connectivity index (χ1v) is 8.47. The van der Waals surface area contributed by atoms with Crippen LogP contribution in [0.5, 0.6) is 0 Å². The molecule has 1 atom stereocenters. The van der Waals surface area contributed by atoms with Crippen LogP contribution in [0, 0.1) is 17.0 Å². The van der Waals surface area contributed by atoms with E-state index in [1.807, 2.05) is 35.7 Å². The van der Waals surface area contributed by atoms with Crippen LogP contribution in [0.2, 0.25) is 0 Å². The molecule has 0 N–H and O–H groups in total. The third kappa shape index (κ3) is 3.45. The summed E-state index contributed by atoms with van der Waals surface area (Å²) in [4.78, 5) is 14.5. The predicted octanol–water partition coefficient (Wildman–Crippen LogP) is 1.70. The molecule has 23 heavy (non-hydrogen) atoms. The number of imidazole rings is 1. The summed E-state index contributed by atoms with van der Waals surface area (Å²) < 4.78 is 15.6. The highest BCUT2D eigenvalue weighted by atomic mass is 32.2. The van der Waals surface area contributed by atoms with Crippen LogP contribution >= 0.6 is 0 Å². The Bertz CT molecular complexity index is 886. The lowest BCUT2D eigenvalue weighted by Gasteiger charge is -2.00. The van der Waals surface area contributed by atoms with Crippen LogP contribution in [-0.4, -0.2) is 34.1 Å². The highest BCUT2D eigenvalue weighted by molar-refractivity contribution is 7.84. The Morgan fingerprint density at radius 2 is 2.17 bits per heavy atom. The Hall–Kier alpha value is -2.55. The summed E-state index contributed by atoms with van der Waals surface area (Å²) in [5.41, 5.74) is 2.60. The molecule has 0 bridgehead atoms. The zero-order valence-electron chi connectivity index (χ0n) is 12.5. The number of hydrogen-bond donors (Lipinski definition) is 0. The minimum absolute atomic E-state index is 0.0633. The van der Waals surface area contributed by atoms with Gasteiger partial charge in [0.15, 0.2) is 0 Å². The maximum Gasteiger partial charge on any atom is 0.306 e. The SMILES string of the molecule is Cc1cccc2nc(C[S@](=O)CCn3cc([N+](=O)[O-])cn3)cn12. The zero-order valence-corrected chi connectivity index (χ0v) is 13.3. The van der Waals surface area contributed by atoms with E-state index in [1.54, 1.807) is 0 Å². The Kier molecular flexibility index (Phi) is 4.20. The van der Waals surface area contributed by atoms with Crippen molar-refractivity contribution in [3.8, 4) is 0 Å². The molecule has 3 aromatic rings. The third-order valence-electron chi connectivity index (χ3n) is 3.43. The van der Waals surface area contributed by atoms with E-state index in [2.05, 4.69) is 10.1 Å². The molecule has 0 spiro atoms. The molecular weight excluding hydrogens is 318 g/mol. The first kappa shape index (κ1) is 15.3. The van der Waals surface area contributed by atoms with Crippen LogP contribution in [0.3, 0.4) is 0 Å². The summed E-state index contributed by atoms with van der Waals surface area (Å²) in [6, 6.07) is 5.82. The second-order valence-corrected chi connectivity index (χ2v) is 6.71. The first-order chi connectivity index (χ1) is 11.0. The lowest BCUT2D eigenvalue weighted by atomic mass is 10.4. The number of nitro groups is 1. The van der Waals surface area contributed by atoms with Gasteiger partial charge in [0, 0.05) is 28.4 Å². The van der Waals surface area contributed by atoms with Crippen molar-refractivity contribution in [1.82, 2.24) is 19.2 Å². The molecular formula is C14H15N5O3S. The van der Waals surface area contributed by atoms with Crippen molar-refractivity contribution in [3.63, 3.8) is 0 Å². The predicted molar refractivity (Wildman–Crippen MR) is 85.5 cm³/mol. The summed E-state index contributed by atoms with van der Waals surface area (Å²) in [7, 11) is -1.11. The molecule has 0 aliphatic rings. The van der Waals surface area contributed by atoms with Gasteiger partial charge in [-0.05, 0) is 19.1 Å². The van der Waals surface area contributed by atoms with Gasteiger partial charge in [0.05, 0.1) is 22.9 Å². The van der Waals surface area contributed by atoms with Crippen molar-refractivity contribution in [2.75, 3.05) is 5.75 Å². The fourth-order valence-electron chi connectivity index (χ4n) is 2.27. The first-order valence-electron chi connectivity index (χ1n) is 6.98. The van der Waals surface area contributed by atoms with Crippen molar-refractivity contribution in [1.29, 1.82) is 0 Å². The minimum atomic E-state index is -1.11. The number of aromatic nitrogens is 4. The van der Waals surface area contributed by atoms with Crippen molar-refractivity contribution in [3.05, 3.63) is 58.3 Å². The van der Waals surface area contributed by atoms with E-state index in [0.717, 1.165) is 17.0 Å². The monoisotopic (exact) mass is 333 g/mol. The number of rotatable bonds is 6. The highest BCUT2D eigenvalue weighted by Crippen LogP contribution is 2.11. The number of nitrogens with zero attached hydrogens (tertiary/aromatic N) is 5. The average molecular weight is 333 g/mol. The molecule has 0 fully saturated rings. The Morgan fingerprint density at radius 1 is 1.35 bits per heavy atom. The van der Waals surface area contributed by atoms with Gasteiger partial charge in [0.1, 0.15) is 18.0 Å². The van der Waals surface area contributed by atoms with Gasteiger partial charge >= 0.3 is 5.69 Å². The van der Waals surface area contributed by atoms with Crippen molar-refractivity contribution >= 4 is 22.1 Å². The van der Waals surface area contributed by atoms with Gasteiger partial charge in [-0.2, -0.15) is 5.10 Å². The van der Waals surface area contributed by atoms with Crippen molar-refractivity contribution in [2.45, 2.75) is 19.2 Å². The molecule has 9 heteroatoms.